The Morgan fingerprint density at radius 3 is 2.43 bits per heavy atom. The molecule has 0 bridgehead atoms. The molecule has 0 aliphatic carbocycles. The number of benzene rings is 3. The van der Waals surface area contributed by atoms with Gasteiger partial charge in [0.05, 0.1) is 9.82 Å². The highest BCUT2D eigenvalue weighted by Gasteiger charge is 2.37. The van der Waals surface area contributed by atoms with Gasteiger partial charge in [0, 0.05) is 17.1 Å². The van der Waals surface area contributed by atoms with Crippen molar-refractivity contribution < 1.29 is 18.1 Å². The number of nitrogens with zero attached hydrogens (tertiary/aromatic N) is 2. The number of hydrogen-bond acceptors (Lipinski definition) is 5. The van der Waals surface area contributed by atoms with Crippen LogP contribution in [0.5, 0.6) is 5.75 Å². The van der Waals surface area contributed by atoms with Gasteiger partial charge in [0.25, 0.3) is 15.7 Å². The molecule has 0 aromatic heterocycles. The number of ether oxygens (including phenoxy) is 1. The summed E-state index contributed by atoms with van der Waals surface area (Å²) in [4.78, 5) is 11.0. The molecule has 0 spiro atoms. The standard InChI is InChI=1S/C21H17BrN2O5S/c22-17-12-16-10-11-23(21(16)20(13-17)24(25)26)30(27,28)19-8-6-18(7-9-19)29-14-15-4-2-1-3-5-15/h1-9,12-13H,10-11,14H2. The normalized spacial score (nSPS) is 13.2. The molecule has 1 aliphatic rings. The van der Waals surface area contributed by atoms with E-state index >= 15 is 0 Å². The summed E-state index contributed by atoms with van der Waals surface area (Å²) >= 11 is 3.25. The number of halogens is 1. The lowest BCUT2D eigenvalue weighted by Gasteiger charge is -2.19. The highest BCUT2D eigenvalue weighted by atomic mass is 79.9. The zero-order chi connectivity index (χ0) is 21.3. The second-order valence-electron chi connectivity index (χ2n) is 6.76. The van der Waals surface area contributed by atoms with Crippen LogP contribution in [0.15, 0.2) is 76.1 Å². The van der Waals surface area contributed by atoms with E-state index in [1.807, 2.05) is 30.3 Å². The van der Waals surface area contributed by atoms with E-state index in [4.69, 9.17) is 4.74 Å². The topological polar surface area (TPSA) is 89.8 Å². The van der Waals surface area contributed by atoms with Crippen LogP contribution in [0.1, 0.15) is 11.1 Å². The fraction of sp³-hybridized carbons (Fsp3) is 0.143. The molecule has 7 nitrogen and oxygen atoms in total. The number of sulfonamides is 1. The Morgan fingerprint density at radius 1 is 1.07 bits per heavy atom. The number of rotatable bonds is 6. The molecule has 0 fully saturated rings. The largest absolute Gasteiger partial charge is 0.489 e. The summed E-state index contributed by atoms with van der Waals surface area (Å²) in [5, 5.41) is 11.5. The minimum Gasteiger partial charge on any atom is -0.489 e. The molecule has 0 N–H and O–H groups in total. The van der Waals surface area contributed by atoms with E-state index in [9.17, 15) is 18.5 Å². The van der Waals surface area contributed by atoms with Crippen molar-refractivity contribution in [3.8, 4) is 5.75 Å². The fourth-order valence-corrected chi connectivity index (χ4v) is 5.42. The molecular formula is C21H17BrN2O5S. The maximum Gasteiger partial charge on any atom is 0.294 e. The Balaban J connectivity index is 1.59. The number of fused-ring (bicyclic) bond motifs is 1. The van der Waals surface area contributed by atoms with Crippen molar-refractivity contribution in [2.75, 3.05) is 10.8 Å². The van der Waals surface area contributed by atoms with E-state index in [1.165, 1.54) is 18.2 Å². The first-order valence-corrected chi connectivity index (χ1v) is 11.4. The van der Waals surface area contributed by atoms with Crippen LogP contribution in [0.4, 0.5) is 11.4 Å². The number of anilines is 1. The van der Waals surface area contributed by atoms with Gasteiger partial charge in [-0.2, -0.15) is 0 Å². The van der Waals surface area contributed by atoms with Gasteiger partial charge in [-0.1, -0.05) is 46.3 Å². The third kappa shape index (κ3) is 3.90. The average Bonchev–Trinajstić information content (AvgIpc) is 3.17. The van der Waals surface area contributed by atoms with Gasteiger partial charge in [0.1, 0.15) is 18.0 Å². The van der Waals surface area contributed by atoms with Gasteiger partial charge in [0.2, 0.25) is 0 Å². The van der Waals surface area contributed by atoms with Gasteiger partial charge in [-0.25, -0.2) is 8.42 Å². The van der Waals surface area contributed by atoms with Crippen LogP contribution in [-0.4, -0.2) is 19.9 Å². The molecule has 0 radical (unpaired) electrons. The van der Waals surface area contributed by atoms with Crippen LogP contribution < -0.4 is 9.04 Å². The summed E-state index contributed by atoms with van der Waals surface area (Å²) in [5.74, 6) is 0.537. The third-order valence-electron chi connectivity index (χ3n) is 4.82. The summed E-state index contributed by atoms with van der Waals surface area (Å²) in [5.41, 5.74) is 1.53. The van der Waals surface area contributed by atoms with Crippen LogP contribution in [0.2, 0.25) is 0 Å². The van der Waals surface area contributed by atoms with E-state index in [2.05, 4.69) is 15.9 Å². The molecule has 0 saturated carbocycles. The van der Waals surface area contributed by atoms with Crippen LogP contribution in [0.25, 0.3) is 0 Å². The first kappa shape index (κ1) is 20.4. The molecule has 9 heteroatoms. The Labute approximate surface area is 182 Å². The second-order valence-corrected chi connectivity index (χ2v) is 9.54. The van der Waals surface area contributed by atoms with E-state index in [0.717, 1.165) is 9.87 Å². The van der Waals surface area contributed by atoms with E-state index < -0.39 is 14.9 Å². The summed E-state index contributed by atoms with van der Waals surface area (Å²) in [6, 6.07) is 18.8. The number of nitro groups is 1. The molecule has 0 unspecified atom stereocenters. The van der Waals surface area contributed by atoms with Gasteiger partial charge in [-0.05, 0) is 47.9 Å². The number of hydrogen-bond donors (Lipinski definition) is 0. The molecule has 30 heavy (non-hydrogen) atoms. The summed E-state index contributed by atoms with van der Waals surface area (Å²) < 4.78 is 33.8. The van der Waals surface area contributed by atoms with Crippen molar-refractivity contribution in [3.05, 3.63) is 92.4 Å². The Bertz CT molecular complexity index is 1200. The lowest BCUT2D eigenvalue weighted by atomic mass is 10.1. The zero-order valence-corrected chi connectivity index (χ0v) is 18.1. The molecule has 0 atom stereocenters. The maximum atomic E-state index is 13.2. The minimum absolute atomic E-state index is 0.0552. The van der Waals surface area contributed by atoms with Gasteiger partial charge < -0.3 is 4.74 Å². The third-order valence-corrected chi connectivity index (χ3v) is 7.10. The van der Waals surface area contributed by atoms with Crippen molar-refractivity contribution in [1.82, 2.24) is 0 Å². The quantitative estimate of drug-likeness (QED) is 0.370. The Kier molecular flexibility index (Phi) is 5.48. The van der Waals surface area contributed by atoms with Crippen molar-refractivity contribution >= 4 is 37.3 Å². The first-order chi connectivity index (χ1) is 14.4. The molecule has 0 amide bonds. The van der Waals surface area contributed by atoms with Crippen LogP contribution in [0, 0.1) is 10.1 Å². The van der Waals surface area contributed by atoms with Crippen LogP contribution in [0.3, 0.4) is 0 Å². The number of nitro benzene ring substituents is 1. The van der Waals surface area contributed by atoms with Crippen molar-refractivity contribution in [2.45, 2.75) is 17.9 Å². The van der Waals surface area contributed by atoms with Gasteiger partial charge in [-0.3, -0.25) is 14.4 Å². The zero-order valence-electron chi connectivity index (χ0n) is 15.7. The highest BCUT2D eigenvalue weighted by molar-refractivity contribution is 9.10. The van der Waals surface area contributed by atoms with Gasteiger partial charge in [0.15, 0.2) is 0 Å². The van der Waals surface area contributed by atoms with Gasteiger partial charge in [-0.15, -0.1) is 0 Å². The van der Waals surface area contributed by atoms with Gasteiger partial charge >= 0.3 is 0 Å². The summed E-state index contributed by atoms with van der Waals surface area (Å²) in [6.07, 6.45) is 0.410. The lowest BCUT2D eigenvalue weighted by Crippen LogP contribution is -2.29. The molecular weight excluding hydrogens is 472 g/mol. The molecule has 4 rings (SSSR count). The monoisotopic (exact) mass is 488 g/mol. The van der Waals surface area contributed by atoms with Crippen LogP contribution >= 0.6 is 15.9 Å². The predicted octanol–water partition coefficient (Wildman–Crippen LogP) is 4.69. The molecule has 1 heterocycles. The smallest absolute Gasteiger partial charge is 0.294 e. The Morgan fingerprint density at radius 2 is 1.77 bits per heavy atom. The van der Waals surface area contributed by atoms with E-state index in [-0.39, 0.29) is 22.8 Å². The average molecular weight is 489 g/mol. The van der Waals surface area contributed by atoms with E-state index in [0.29, 0.717) is 28.8 Å². The minimum atomic E-state index is -3.95. The first-order valence-electron chi connectivity index (χ1n) is 9.12. The summed E-state index contributed by atoms with van der Waals surface area (Å²) in [6.45, 7) is 0.523. The molecule has 3 aromatic carbocycles. The van der Waals surface area contributed by atoms with Crippen LogP contribution in [-0.2, 0) is 23.1 Å². The molecule has 3 aromatic rings. The molecule has 1 aliphatic heterocycles. The van der Waals surface area contributed by atoms with Crippen molar-refractivity contribution in [1.29, 1.82) is 0 Å². The van der Waals surface area contributed by atoms with Crippen molar-refractivity contribution in [2.24, 2.45) is 0 Å². The van der Waals surface area contributed by atoms with E-state index in [1.54, 1.807) is 18.2 Å². The SMILES string of the molecule is O=[N+]([O-])c1cc(Br)cc2c1N(S(=O)(=O)c1ccc(OCc3ccccc3)cc1)CC2. The Hall–Kier alpha value is -2.91. The second kappa shape index (κ2) is 8.08. The predicted molar refractivity (Wildman–Crippen MR) is 116 cm³/mol. The molecule has 154 valence electrons. The highest BCUT2D eigenvalue weighted by Crippen LogP contribution is 2.42. The summed E-state index contributed by atoms with van der Waals surface area (Å²) in [7, 11) is -3.95. The maximum absolute atomic E-state index is 13.2. The van der Waals surface area contributed by atoms with Crippen molar-refractivity contribution in [3.63, 3.8) is 0 Å². The fourth-order valence-electron chi connectivity index (χ4n) is 3.41. The lowest BCUT2D eigenvalue weighted by molar-refractivity contribution is -0.384. The molecule has 0 saturated heterocycles.